The van der Waals surface area contributed by atoms with Gasteiger partial charge in [0.2, 0.25) is 5.89 Å². The van der Waals surface area contributed by atoms with Crippen LogP contribution < -0.4 is 4.90 Å². The molecule has 0 saturated carbocycles. The van der Waals surface area contributed by atoms with Crippen molar-refractivity contribution in [2.45, 2.75) is 45.6 Å². The number of rotatable bonds is 4. The molecule has 1 aromatic carbocycles. The van der Waals surface area contributed by atoms with Crippen molar-refractivity contribution in [3.05, 3.63) is 41.5 Å². The van der Waals surface area contributed by atoms with Gasteiger partial charge in [0, 0.05) is 62.5 Å². The summed E-state index contributed by atoms with van der Waals surface area (Å²) in [6.07, 6.45) is 1.73. The molecule has 0 N–H and O–H groups in total. The number of aryl methyl sites for hydroxylation is 1. The van der Waals surface area contributed by atoms with Gasteiger partial charge < -0.3 is 14.3 Å². The minimum Gasteiger partial charge on any atom is -0.369 e. The SMILES string of the molecule is Cc1noc(C2CCN(C(=O)c3ccc(N4CCN(C(C)C)CC4)cc3)CC2)n1. The first-order chi connectivity index (χ1) is 14.0. The van der Waals surface area contributed by atoms with Gasteiger partial charge in [0.1, 0.15) is 0 Å². The van der Waals surface area contributed by atoms with Crippen molar-refractivity contribution >= 4 is 11.6 Å². The normalized spacial score (nSPS) is 19.2. The Morgan fingerprint density at radius 1 is 1.03 bits per heavy atom. The fourth-order valence-electron chi connectivity index (χ4n) is 4.30. The van der Waals surface area contributed by atoms with Crippen molar-refractivity contribution < 1.29 is 9.32 Å². The third kappa shape index (κ3) is 4.45. The van der Waals surface area contributed by atoms with Gasteiger partial charge in [-0.15, -0.1) is 0 Å². The van der Waals surface area contributed by atoms with Crippen molar-refractivity contribution in [3.8, 4) is 0 Å². The highest BCUT2D eigenvalue weighted by atomic mass is 16.5. The minimum atomic E-state index is 0.112. The van der Waals surface area contributed by atoms with Gasteiger partial charge in [0.05, 0.1) is 0 Å². The maximum atomic E-state index is 12.9. The molecule has 156 valence electrons. The Morgan fingerprint density at radius 2 is 1.69 bits per heavy atom. The Balaban J connectivity index is 1.32. The van der Waals surface area contributed by atoms with Gasteiger partial charge in [-0.2, -0.15) is 4.98 Å². The van der Waals surface area contributed by atoms with Crippen molar-refractivity contribution in [2.75, 3.05) is 44.2 Å². The van der Waals surface area contributed by atoms with E-state index in [-0.39, 0.29) is 11.8 Å². The largest absolute Gasteiger partial charge is 0.369 e. The molecule has 0 unspecified atom stereocenters. The lowest BCUT2D eigenvalue weighted by molar-refractivity contribution is 0.0704. The number of aromatic nitrogens is 2. The number of hydrogen-bond donors (Lipinski definition) is 0. The summed E-state index contributed by atoms with van der Waals surface area (Å²) in [5.74, 6) is 1.74. The topological polar surface area (TPSA) is 65.7 Å². The highest BCUT2D eigenvalue weighted by Crippen LogP contribution is 2.28. The average Bonchev–Trinajstić information content (AvgIpc) is 3.20. The van der Waals surface area contributed by atoms with E-state index in [0.29, 0.717) is 17.8 Å². The van der Waals surface area contributed by atoms with Crippen molar-refractivity contribution in [1.29, 1.82) is 0 Å². The molecule has 7 heteroatoms. The van der Waals surface area contributed by atoms with Crippen LogP contribution in [0.2, 0.25) is 0 Å². The van der Waals surface area contributed by atoms with E-state index >= 15 is 0 Å². The Morgan fingerprint density at radius 3 is 2.24 bits per heavy atom. The molecular weight excluding hydrogens is 366 g/mol. The minimum absolute atomic E-state index is 0.112. The predicted molar refractivity (Wildman–Crippen MR) is 112 cm³/mol. The van der Waals surface area contributed by atoms with Gasteiger partial charge in [-0.3, -0.25) is 9.69 Å². The summed E-state index contributed by atoms with van der Waals surface area (Å²) in [5.41, 5.74) is 1.97. The maximum absolute atomic E-state index is 12.9. The van der Waals surface area contributed by atoms with Crippen LogP contribution in [0, 0.1) is 6.92 Å². The summed E-state index contributed by atoms with van der Waals surface area (Å²) in [6, 6.07) is 8.73. The molecule has 0 radical (unpaired) electrons. The van der Waals surface area contributed by atoms with Crippen LogP contribution in [0.1, 0.15) is 54.7 Å². The molecule has 0 atom stereocenters. The van der Waals surface area contributed by atoms with E-state index in [1.165, 1.54) is 5.69 Å². The Labute approximate surface area is 172 Å². The first kappa shape index (κ1) is 19.9. The Bertz CT molecular complexity index is 816. The number of amides is 1. The molecule has 4 rings (SSSR count). The number of benzene rings is 1. The average molecular weight is 398 g/mol. The number of piperidine rings is 1. The number of nitrogens with zero attached hydrogens (tertiary/aromatic N) is 5. The summed E-state index contributed by atoms with van der Waals surface area (Å²) in [5, 5.41) is 3.88. The van der Waals surface area contributed by atoms with E-state index in [9.17, 15) is 4.79 Å². The van der Waals surface area contributed by atoms with E-state index in [4.69, 9.17) is 4.52 Å². The van der Waals surface area contributed by atoms with Crippen LogP contribution in [-0.4, -0.2) is 71.2 Å². The quantitative estimate of drug-likeness (QED) is 0.790. The molecule has 2 fully saturated rings. The molecule has 2 aromatic rings. The molecule has 1 aromatic heterocycles. The molecule has 1 amide bonds. The van der Waals surface area contributed by atoms with Crippen LogP contribution in [0.3, 0.4) is 0 Å². The molecule has 3 heterocycles. The monoisotopic (exact) mass is 397 g/mol. The number of piperazine rings is 1. The number of carbonyl (C=O) groups excluding carboxylic acids is 1. The summed E-state index contributed by atoms with van der Waals surface area (Å²) in [7, 11) is 0. The second kappa shape index (κ2) is 8.53. The number of hydrogen-bond acceptors (Lipinski definition) is 6. The number of carbonyl (C=O) groups is 1. The molecule has 2 saturated heterocycles. The third-order valence-electron chi connectivity index (χ3n) is 6.20. The Kier molecular flexibility index (Phi) is 5.85. The van der Waals surface area contributed by atoms with Crippen LogP contribution in [0.4, 0.5) is 5.69 Å². The second-order valence-corrected chi connectivity index (χ2v) is 8.41. The van der Waals surface area contributed by atoms with Gasteiger partial charge in [0.25, 0.3) is 5.91 Å². The van der Waals surface area contributed by atoms with Crippen LogP contribution in [0.25, 0.3) is 0 Å². The van der Waals surface area contributed by atoms with E-state index in [0.717, 1.165) is 57.7 Å². The van der Waals surface area contributed by atoms with Gasteiger partial charge in [-0.25, -0.2) is 0 Å². The summed E-state index contributed by atoms with van der Waals surface area (Å²) >= 11 is 0. The predicted octanol–water partition coefficient (Wildman–Crippen LogP) is 2.93. The lowest BCUT2D eigenvalue weighted by atomic mass is 9.96. The first-order valence-electron chi connectivity index (χ1n) is 10.7. The van der Waals surface area contributed by atoms with Gasteiger partial charge in [0.15, 0.2) is 5.82 Å². The molecule has 2 aliphatic rings. The van der Waals surface area contributed by atoms with Crippen LogP contribution in [-0.2, 0) is 0 Å². The summed E-state index contributed by atoms with van der Waals surface area (Å²) in [4.78, 5) is 24.1. The lowest BCUT2D eigenvalue weighted by Gasteiger charge is -2.38. The van der Waals surface area contributed by atoms with Crippen LogP contribution in [0.5, 0.6) is 0 Å². The second-order valence-electron chi connectivity index (χ2n) is 8.41. The van der Waals surface area contributed by atoms with E-state index in [1.807, 2.05) is 24.0 Å². The molecular formula is C22H31N5O2. The summed E-state index contributed by atoms with van der Waals surface area (Å²) in [6.45, 7) is 12.0. The smallest absolute Gasteiger partial charge is 0.253 e. The highest BCUT2D eigenvalue weighted by molar-refractivity contribution is 5.94. The molecule has 7 nitrogen and oxygen atoms in total. The van der Waals surface area contributed by atoms with Gasteiger partial charge >= 0.3 is 0 Å². The fraction of sp³-hybridized carbons (Fsp3) is 0.591. The maximum Gasteiger partial charge on any atom is 0.253 e. The molecule has 0 bridgehead atoms. The van der Waals surface area contributed by atoms with E-state index in [1.54, 1.807) is 0 Å². The number of anilines is 1. The van der Waals surface area contributed by atoms with Crippen molar-refractivity contribution in [1.82, 2.24) is 19.9 Å². The zero-order chi connectivity index (χ0) is 20.4. The number of likely N-dealkylation sites (tertiary alicyclic amines) is 1. The van der Waals surface area contributed by atoms with Crippen LogP contribution in [0.15, 0.2) is 28.8 Å². The lowest BCUT2D eigenvalue weighted by Crippen LogP contribution is -2.48. The van der Waals surface area contributed by atoms with Crippen molar-refractivity contribution in [2.24, 2.45) is 0 Å². The van der Waals surface area contributed by atoms with Gasteiger partial charge in [-0.1, -0.05) is 5.16 Å². The molecule has 29 heavy (non-hydrogen) atoms. The highest BCUT2D eigenvalue weighted by Gasteiger charge is 2.28. The standard InChI is InChI=1S/C22H31N5O2/c1-16(2)25-12-14-26(15-13-25)20-6-4-19(5-7-20)22(28)27-10-8-18(9-11-27)21-23-17(3)24-29-21/h4-7,16,18H,8-15H2,1-3H3. The summed E-state index contributed by atoms with van der Waals surface area (Å²) < 4.78 is 5.30. The molecule has 0 spiro atoms. The zero-order valence-corrected chi connectivity index (χ0v) is 17.7. The first-order valence-corrected chi connectivity index (χ1v) is 10.7. The molecule has 2 aliphatic heterocycles. The third-order valence-corrected chi connectivity index (χ3v) is 6.20. The zero-order valence-electron chi connectivity index (χ0n) is 17.7. The Hall–Kier alpha value is -2.41. The molecule has 0 aliphatic carbocycles. The van der Waals surface area contributed by atoms with Crippen molar-refractivity contribution in [3.63, 3.8) is 0 Å². The van der Waals surface area contributed by atoms with E-state index in [2.05, 4.69) is 45.9 Å². The van der Waals surface area contributed by atoms with Crippen LogP contribution >= 0.6 is 0 Å². The van der Waals surface area contributed by atoms with E-state index < -0.39 is 0 Å². The van der Waals surface area contributed by atoms with Gasteiger partial charge in [-0.05, 0) is 57.9 Å². The fourth-order valence-corrected chi connectivity index (χ4v) is 4.30.